The Bertz CT molecular complexity index is 333. The van der Waals surface area contributed by atoms with Crippen LogP contribution in [0.3, 0.4) is 0 Å². The molecule has 1 N–H and O–H groups in total. The Balaban J connectivity index is 1.32. The summed E-state index contributed by atoms with van der Waals surface area (Å²) in [5.41, 5.74) is 0.742. The summed E-state index contributed by atoms with van der Waals surface area (Å²) in [4.78, 5) is 2.67. The van der Waals surface area contributed by atoms with E-state index in [1.54, 1.807) is 38.5 Å². The molecule has 0 spiro atoms. The van der Waals surface area contributed by atoms with Crippen molar-refractivity contribution in [3.05, 3.63) is 0 Å². The van der Waals surface area contributed by atoms with E-state index < -0.39 is 0 Å². The van der Waals surface area contributed by atoms with Gasteiger partial charge in [-0.15, -0.1) is 0 Å². The van der Waals surface area contributed by atoms with Crippen molar-refractivity contribution in [2.24, 2.45) is 23.2 Å². The van der Waals surface area contributed by atoms with Crippen LogP contribution in [0, 0.1) is 23.2 Å². The van der Waals surface area contributed by atoms with Crippen LogP contribution in [-0.4, -0.2) is 50.8 Å². The average molecular weight is 292 g/mol. The molecule has 120 valence electrons. The van der Waals surface area contributed by atoms with E-state index in [-0.39, 0.29) is 0 Å². The molecule has 0 aromatic carbocycles. The van der Waals surface area contributed by atoms with Crippen LogP contribution >= 0.6 is 0 Å². The fourth-order valence-electron chi connectivity index (χ4n) is 6.33. The van der Waals surface area contributed by atoms with E-state index in [2.05, 4.69) is 10.2 Å². The van der Waals surface area contributed by atoms with Gasteiger partial charge in [0.05, 0.1) is 12.7 Å². The van der Waals surface area contributed by atoms with E-state index in [1.165, 1.54) is 13.0 Å². The number of likely N-dealkylation sites (N-methyl/N-ethyl adjacent to an activating group) is 1. The van der Waals surface area contributed by atoms with Crippen LogP contribution in [0.4, 0.5) is 0 Å². The number of hydrogen-bond donors (Lipinski definition) is 1. The van der Waals surface area contributed by atoms with Crippen LogP contribution in [-0.2, 0) is 4.74 Å². The topological polar surface area (TPSA) is 24.5 Å². The number of morpholine rings is 1. The van der Waals surface area contributed by atoms with Crippen molar-refractivity contribution < 1.29 is 4.74 Å². The van der Waals surface area contributed by atoms with Gasteiger partial charge in [0, 0.05) is 19.6 Å². The van der Waals surface area contributed by atoms with Gasteiger partial charge in [-0.3, -0.25) is 4.90 Å². The predicted molar refractivity (Wildman–Crippen MR) is 85.3 cm³/mol. The molecule has 0 aromatic heterocycles. The van der Waals surface area contributed by atoms with Gasteiger partial charge in [0.2, 0.25) is 0 Å². The second-order valence-corrected chi connectivity index (χ2v) is 8.52. The first-order chi connectivity index (χ1) is 10.2. The van der Waals surface area contributed by atoms with E-state index in [0.717, 1.165) is 49.4 Å². The monoisotopic (exact) mass is 292 g/mol. The van der Waals surface area contributed by atoms with Crippen LogP contribution in [0.5, 0.6) is 0 Å². The zero-order chi connectivity index (χ0) is 14.3. The zero-order valence-electron chi connectivity index (χ0n) is 13.7. The van der Waals surface area contributed by atoms with E-state index >= 15 is 0 Å². The maximum Gasteiger partial charge on any atom is 0.0826 e. The number of rotatable bonds is 5. The number of nitrogens with zero attached hydrogens (tertiary/aromatic N) is 1. The van der Waals surface area contributed by atoms with Crippen molar-refractivity contribution in [1.29, 1.82) is 0 Å². The maximum atomic E-state index is 5.84. The van der Waals surface area contributed by atoms with Gasteiger partial charge < -0.3 is 10.1 Å². The Hall–Kier alpha value is -0.120. The van der Waals surface area contributed by atoms with Gasteiger partial charge in [-0.1, -0.05) is 0 Å². The standard InChI is InChI=1S/C18H32N2O/c1-19-12-17-13-20(4-5-21-17)3-2-18-9-14-6-15(10-18)8-16(7-14)11-18/h14-17,19H,2-13H2,1H3. The molecule has 3 nitrogen and oxygen atoms in total. The zero-order valence-corrected chi connectivity index (χ0v) is 13.7. The van der Waals surface area contributed by atoms with Crippen molar-refractivity contribution in [3.63, 3.8) is 0 Å². The van der Waals surface area contributed by atoms with Crippen molar-refractivity contribution in [3.8, 4) is 0 Å². The Morgan fingerprint density at radius 2 is 1.76 bits per heavy atom. The van der Waals surface area contributed by atoms with Gasteiger partial charge in [-0.2, -0.15) is 0 Å². The van der Waals surface area contributed by atoms with Crippen LogP contribution in [0.2, 0.25) is 0 Å². The first-order valence-corrected chi connectivity index (χ1v) is 9.23. The van der Waals surface area contributed by atoms with Crippen LogP contribution in [0.25, 0.3) is 0 Å². The molecule has 0 aromatic rings. The Morgan fingerprint density at radius 3 is 2.38 bits per heavy atom. The minimum atomic E-state index is 0.403. The first-order valence-electron chi connectivity index (χ1n) is 9.23. The largest absolute Gasteiger partial charge is 0.374 e. The predicted octanol–water partition coefficient (Wildman–Crippen LogP) is 2.51. The average Bonchev–Trinajstić information content (AvgIpc) is 2.45. The third kappa shape index (κ3) is 3.02. The van der Waals surface area contributed by atoms with E-state index in [1.807, 2.05) is 7.05 Å². The summed E-state index contributed by atoms with van der Waals surface area (Å²) >= 11 is 0. The molecule has 1 heterocycles. The molecule has 1 saturated heterocycles. The Labute approximate surface area is 129 Å². The van der Waals surface area contributed by atoms with Gasteiger partial charge in [0.15, 0.2) is 0 Å². The fourth-order valence-corrected chi connectivity index (χ4v) is 6.33. The van der Waals surface area contributed by atoms with Crippen molar-refractivity contribution in [2.75, 3.05) is 39.8 Å². The van der Waals surface area contributed by atoms with Crippen molar-refractivity contribution in [2.45, 2.75) is 51.0 Å². The molecule has 5 aliphatic rings. The first kappa shape index (κ1) is 14.5. The van der Waals surface area contributed by atoms with Gasteiger partial charge >= 0.3 is 0 Å². The molecule has 1 unspecified atom stereocenters. The molecule has 5 fully saturated rings. The van der Waals surface area contributed by atoms with Gasteiger partial charge in [-0.05, 0) is 81.7 Å². The highest BCUT2D eigenvalue weighted by molar-refractivity contribution is 5.01. The summed E-state index contributed by atoms with van der Waals surface area (Å²) in [6.45, 7) is 5.51. The summed E-state index contributed by atoms with van der Waals surface area (Å²) in [5, 5.41) is 3.26. The summed E-state index contributed by atoms with van der Waals surface area (Å²) < 4.78 is 5.84. The molecule has 1 aliphatic heterocycles. The smallest absolute Gasteiger partial charge is 0.0826 e. The van der Waals surface area contributed by atoms with Crippen molar-refractivity contribution >= 4 is 0 Å². The van der Waals surface area contributed by atoms with Crippen LogP contribution in [0.15, 0.2) is 0 Å². The number of hydrogen-bond acceptors (Lipinski definition) is 3. The highest BCUT2D eigenvalue weighted by atomic mass is 16.5. The van der Waals surface area contributed by atoms with Crippen LogP contribution < -0.4 is 5.32 Å². The molecule has 4 saturated carbocycles. The molecule has 1 atom stereocenters. The molecule has 0 amide bonds. The summed E-state index contributed by atoms with van der Waals surface area (Å²) in [5.74, 6) is 3.29. The molecule has 4 bridgehead atoms. The minimum absolute atomic E-state index is 0.403. The Kier molecular flexibility index (Phi) is 4.01. The van der Waals surface area contributed by atoms with Gasteiger partial charge in [0.25, 0.3) is 0 Å². The van der Waals surface area contributed by atoms with Gasteiger partial charge in [0.1, 0.15) is 0 Å². The summed E-state index contributed by atoms with van der Waals surface area (Å²) in [6.07, 6.45) is 11.3. The van der Waals surface area contributed by atoms with Crippen molar-refractivity contribution in [1.82, 2.24) is 10.2 Å². The van der Waals surface area contributed by atoms with E-state index in [0.29, 0.717) is 6.10 Å². The summed E-state index contributed by atoms with van der Waals surface area (Å²) in [7, 11) is 2.03. The summed E-state index contributed by atoms with van der Waals surface area (Å²) in [6, 6.07) is 0. The minimum Gasteiger partial charge on any atom is -0.374 e. The molecular formula is C18H32N2O. The number of ether oxygens (including phenoxy) is 1. The lowest BCUT2D eigenvalue weighted by Crippen LogP contribution is -2.50. The second kappa shape index (κ2) is 5.82. The number of nitrogens with one attached hydrogen (secondary N) is 1. The molecular weight excluding hydrogens is 260 g/mol. The normalized spacial score (nSPS) is 46.1. The lowest BCUT2D eigenvalue weighted by molar-refractivity contribution is -0.0711. The Morgan fingerprint density at radius 1 is 1.10 bits per heavy atom. The molecule has 21 heavy (non-hydrogen) atoms. The van der Waals surface area contributed by atoms with E-state index in [4.69, 9.17) is 4.74 Å². The SMILES string of the molecule is CNCC1CN(CCC23CC4CC(CC(C4)C2)C3)CCO1. The van der Waals surface area contributed by atoms with E-state index in [9.17, 15) is 0 Å². The molecule has 4 aliphatic carbocycles. The third-order valence-corrected chi connectivity index (χ3v) is 6.78. The maximum absolute atomic E-state index is 5.84. The molecule has 5 rings (SSSR count). The second-order valence-electron chi connectivity index (χ2n) is 8.52. The fraction of sp³-hybridized carbons (Fsp3) is 1.00. The van der Waals surface area contributed by atoms with Gasteiger partial charge in [-0.25, -0.2) is 0 Å². The highest BCUT2D eigenvalue weighted by Crippen LogP contribution is 2.61. The molecule has 0 radical (unpaired) electrons. The highest BCUT2D eigenvalue weighted by Gasteiger charge is 2.50. The molecule has 3 heteroatoms. The lowest BCUT2D eigenvalue weighted by Gasteiger charge is -2.57. The quantitative estimate of drug-likeness (QED) is 0.842. The lowest BCUT2D eigenvalue weighted by atomic mass is 9.49. The third-order valence-electron chi connectivity index (χ3n) is 6.78. The van der Waals surface area contributed by atoms with Crippen LogP contribution in [0.1, 0.15) is 44.9 Å².